The molecule has 0 radical (unpaired) electrons. The van der Waals surface area contributed by atoms with E-state index in [0.717, 1.165) is 30.2 Å². The van der Waals surface area contributed by atoms with Crippen LogP contribution in [0.3, 0.4) is 0 Å². The Labute approximate surface area is 239 Å². The summed E-state index contributed by atoms with van der Waals surface area (Å²) in [5, 5.41) is 6.37. The largest absolute Gasteiger partial charge is 0.437 e. The van der Waals surface area contributed by atoms with Crippen molar-refractivity contribution in [3.05, 3.63) is 48.4 Å². The van der Waals surface area contributed by atoms with Crippen molar-refractivity contribution in [3.8, 4) is 22.9 Å². The molecule has 13 heteroatoms. The minimum Gasteiger partial charge on any atom is -0.437 e. The van der Waals surface area contributed by atoms with Crippen LogP contribution in [0.2, 0.25) is 0 Å². The average molecular weight is 586 g/mol. The van der Waals surface area contributed by atoms with Gasteiger partial charge in [0.1, 0.15) is 23.4 Å². The number of benzene rings is 1. The number of nitrogens with one attached hydrogen (secondary N) is 2. The van der Waals surface area contributed by atoms with Crippen molar-refractivity contribution < 1.29 is 22.7 Å². The third kappa shape index (κ3) is 6.41. The SMILES string of the molecule is CC(=O)Nc1nc2c(Oc3cc(-c4ccc(C(F)(F)F)nc4N[C@H](C)C4CCCN4C(C)C)ncn3)cccc2s1. The summed E-state index contributed by atoms with van der Waals surface area (Å²) in [5.41, 5.74) is 0.298. The molecule has 3 aromatic heterocycles. The summed E-state index contributed by atoms with van der Waals surface area (Å²) < 4.78 is 47.8. The molecule has 4 heterocycles. The first-order chi connectivity index (χ1) is 19.5. The Balaban J connectivity index is 1.47. The first-order valence-electron chi connectivity index (χ1n) is 13.3. The third-order valence-corrected chi connectivity index (χ3v) is 7.87. The minimum absolute atomic E-state index is 0.0918. The second-order valence-corrected chi connectivity index (χ2v) is 11.2. The molecule has 0 spiro atoms. The fourth-order valence-electron chi connectivity index (χ4n) is 5.10. The second-order valence-electron chi connectivity index (χ2n) is 10.2. The Morgan fingerprint density at radius 3 is 2.68 bits per heavy atom. The molecule has 5 rings (SSSR count). The zero-order valence-electron chi connectivity index (χ0n) is 23.0. The number of halogens is 3. The second kappa shape index (κ2) is 11.6. The number of ether oxygens (including phenoxy) is 1. The van der Waals surface area contributed by atoms with E-state index in [1.165, 1.54) is 30.7 Å². The van der Waals surface area contributed by atoms with Gasteiger partial charge in [-0.25, -0.2) is 19.9 Å². The molecule has 1 saturated heterocycles. The molecule has 2 N–H and O–H groups in total. The fraction of sp³-hybridized carbons (Fsp3) is 0.393. The lowest BCUT2D eigenvalue weighted by Crippen LogP contribution is -2.45. The molecule has 4 aromatic rings. The van der Waals surface area contributed by atoms with E-state index in [1.807, 2.05) is 13.0 Å². The topological polar surface area (TPSA) is 105 Å². The van der Waals surface area contributed by atoms with Crippen molar-refractivity contribution in [2.24, 2.45) is 0 Å². The van der Waals surface area contributed by atoms with Gasteiger partial charge in [0, 0.05) is 36.7 Å². The molecule has 1 aromatic carbocycles. The number of anilines is 2. The smallest absolute Gasteiger partial charge is 0.433 e. The van der Waals surface area contributed by atoms with Crippen LogP contribution in [0.1, 0.15) is 46.2 Å². The number of carbonyl (C=O) groups excluding carboxylic acids is 1. The Morgan fingerprint density at radius 2 is 1.95 bits per heavy atom. The van der Waals surface area contributed by atoms with Gasteiger partial charge in [-0.1, -0.05) is 17.4 Å². The van der Waals surface area contributed by atoms with Crippen LogP contribution in [0.15, 0.2) is 42.7 Å². The number of para-hydroxylation sites is 1. The summed E-state index contributed by atoms with van der Waals surface area (Å²) in [6, 6.07) is 9.55. The van der Waals surface area contributed by atoms with E-state index in [2.05, 4.69) is 49.3 Å². The van der Waals surface area contributed by atoms with Crippen molar-refractivity contribution in [3.63, 3.8) is 0 Å². The van der Waals surface area contributed by atoms with Gasteiger partial charge in [0.25, 0.3) is 0 Å². The van der Waals surface area contributed by atoms with Crippen LogP contribution in [0.4, 0.5) is 24.1 Å². The number of likely N-dealkylation sites (tertiary alicyclic amines) is 1. The van der Waals surface area contributed by atoms with E-state index < -0.39 is 11.9 Å². The number of nitrogens with zero attached hydrogens (tertiary/aromatic N) is 5. The number of alkyl halides is 3. The third-order valence-electron chi connectivity index (χ3n) is 6.93. The molecule has 2 atom stereocenters. The summed E-state index contributed by atoms with van der Waals surface area (Å²) in [7, 11) is 0. The first-order valence-corrected chi connectivity index (χ1v) is 14.1. The number of pyridine rings is 1. The zero-order chi connectivity index (χ0) is 29.3. The number of aromatic nitrogens is 4. The number of amides is 1. The van der Waals surface area contributed by atoms with Crippen LogP contribution in [0.25, 0.3) is 21.5 Å². The number of hydrogen-bond donors (Lipinski definition) is 2. The molecule has 0 bridgehead atoms. The first kappa shape index (κ1) is 28.7. The summed E-state index contributed by atoms with van der Waals surface area (Å²) in [4.78, 5) is 30.8. The number of rotatable bonds is 8. The lowest BCUT2D eigenvalue weighted by Gasteiger charge is -2.33. The fourth-order valence-corrected chi connectivity index (χ4v) is 6.03. The monoisotopic (exact) mass is 585 g/mol. The molecule has 41 heavy (non-hydrogen) atoms. The van der Waals surface area contributed by atoms with Crippen LogP contribution in [-0.2, 0) is 11.0 Å². The summed E-state index contributed by atoms with van der Waals surface area (Å²) in [6.07, 6.45) is -1.34. The van der Waals surface area contributed by atoms with Crippen molar-refractivity contribution >= 4 is 38.4 Å². The highest BCUT2D eigenvalue weighted by molar-refractivity contribution is 7.22. The summed E-state index contributed by atoms with van der Waals surface area (Å²) >= 11 is 1.31. The van der Waals surface area contributed by atoms with Crippen molar-refractivity contribution in [1.29, 1.82) is 0 Å². The van der Waals surface area contributed by atoms with E-state index in [9.17, 15) is 18.0 Å². The van der Waals surface area contributed by atoms with E-state index in [4.69, 9.17) is 4.74 Å². The summed E-state index contributed by atoms with van der Waals surface area (Å²) in [5.74, 6) is 0.444. The van der Waals surface area contributed by atoms with Gasteiger partial charge in [0.15, 0.2) is 10.9 Å². The molecule has 1 aliphatic heterocycles. The molecule has 1 aliphatic rings. The highest BCUT2D eigenvalue weighted by Gasteiger charge is 2.35. The van der Waals surface area contributed by atoms with Gasteiger partial charge in [-0.3, -0.25) is 9.69 Å². The summed E-state index contributed by atoms with van der Waals surface area (Å²) in [6.45, 7) is 8.56. The lowest BCUT2D eigenvalue weighted by molar-refractivity contribution is -0.141. The standard InChI is InChI=1S/C28H30F3N7O2S/c1-15(2)38-12-6-7-20(38)16(3)34-26-18(10-11-23(36-26)28(29,30)31)19-13-24(33-14-32-19)40-21-8-5-9-22-25(21)37-27(41-22)35-17(4)39/h5,8-11,13-16,20H,6-7,12H2,1-4H3,(H,34,36)(H,35,37,39)/t16-,20?/m1/s1. The quantitative estimate of drug-likeness (QED) is 0.239. The van der Waals surface area contributed by atoms with Crippen LogP contribution >= 0.6 is 11.3 Å². The van der Waals surface area contributed by atoms with Gasteiger partial charge in [-0.05, 0) is 64.4 Å². The molecule has 216 valence electrons. The normalized spacial score (nSPS) is 16.7. The van der Waals surface area contributed by atoms with Crippen molar-refractivity contribution in [1.82, 2.24) is 24.8 Å². The van der Waals surface area contributed by atoms with Gasteiger partial charge < -0.3 is 15.4 Å². The number of carbonyl (C=O) groups is 1. The Bertz CT molecular complexity index is 1560. The Morgan fingerprint density at radius 1 is 1.15 bits per heavy atom. The van der Waals surface area contributed by atoms with Crippen LogP contribution in [-0.4, -0.2) is 55.4 Å². The number of fused-ring (bicyclic) bond motifs is 1. The maximum Gasteiger partial charge on any atom is 0.433 e. The molecular weight excluding hydrogens is 555 g/mol. The van der Waals surface area contributed by atoms with Crippen LogP contribution < -0.4 is 15.4 Å². The maximum atomic E-state index is 13.6. The predicted octanol–water partition coefficient (Wildman–Crippen LogP) is 6.59. The highest BCUT2D eigenvalue weighted by atomic mass is 32.1. The van der Waals surface area contributed by atoms with Crippen LogP contribution in [0, 0.1) is 0 Å². The van der Waals surface area contributed by atoms with E-state index in [0.29, 0.717) is 33.7 Å². The molecule has 1 unspecified atom stereocenters. The molecule has 1 fully saturated rings. The average Bonchev–Trinajstić information content (AvgIpc) is 3.56. The van der Waals surface area contributed by atoms with Gasteiger partial charge in [0.2, 0.25) is 11.8 Å². The molecule has 0 saturated carbocycles. The molecule has 9 nitrogen and oxygen atoms in total. The van der Waals surface area contributed by atoms with Crippen molar-refractivity contribution in [2.45, 2.75) is 64.8 Å². The minimum atomic E-state index is -4.60. The molecule has 0 aliphatic carbocycles. The number of hydrogen-bond acceptors (Lipinski definition) is 9. The molecular formula is C28H30F3N7O2S. The maximum absolute atomic E-state index is 13.6. The van der Waals surface area contributed by atoms with Gasteiger partial charge >= 0.3 is 6.18 Å². The van der Waals surface area contributed by atoms with Gasteiger partial charge in [0.05, 0.1) is 10.4 Å². The Kier molecular flexibility index (Phi) is 8.09. The lowest BCUT2D eigenvalue weighted by atomic mass is 10.1. The molecule has 1 amide bonds. The zero-order valence-corrected chi connectivity index (χ0v) is 23.8. The van der Waals surface area contributed by atoms with Gasteiger partial charge in [-0.2, -0.15) is 13.2 Å². The predicted molar refractivity (Wildman–Crippen MR) is 152 cm³/mol. The highest BCUT2D eigenvalue weighted by Crippen LogP contribution is 2.37. The Hall–Kier alpha value is -3.84. The van der Waals surface area contributed by atoms with Crippen LogP contribution in [0.5, 0.6) is 11.6 Å². The number of thiazole rings is 1. The van der Waals surface area contributed by atoms with E-state index in [1.54, 1.807) is 18.2 Å². The van der Waals surface area contributed by atoms with E-state index >= 15 is 0 Å². The van der Waals surface area contributed by atoms with Crippen molar-refractivity contribution in [2.75, 3.05) is 17.2 Å². The van der Waals surface area contributed by atoms with Gasteiger partial charge in [-0.15, -0.1) is 0 Å². The van der Waals surface area contributed by atoms with E-state index in [-0.39, 0.29) is 29.7 Å².